The van der Waals surface area contributed by atoms with Gasteiger partial charge in [-0.15, -0.1) is 36.3 Å². The topological polar surface area (TPSA) is 85.4 Å². The largest absolute Gasteiger partial charge is 0.573 e. The average Bonchev–Trinajstić information content (AvgIpc) is 3.25. The predicted octanol–water partition coefficient (Wildman–Crippen LogP) is 4.54. The molecule has 6 nitrogen and oxygen atoms in total. The van der Waals surface area contributed by atoms with Crippen molar-refractivity contribution in [2.75, 3.05) is 11.5 Å². The molecule has 170 valence electrons. The maximum atomic E-state index is 12.5. The van der Waals surface area contributed by atoms with E-state index in [9.17, 15) is 26.4 Å². The Morgan fingerprint density at radius 2 is 1.88 bits per heavy atom. The van der Waals surface area contributed by atoms with Gasteiger partial charge in [-0.2, -0.15) is 0 Å². The molecule has 3 aromatic rings. The number of carbonyl (C=O) groups excluding carboxylic acids is 1. The number of nitrogens with one attached hydrogen (secondary N) is 1. The summed E-state index contributed by atoms with van der Waals surface area (Å²) in [6, 6.07) is 11.0. The fourth-order valence-corrected chi connectivity index (χ4v) is 5.86. The van der Waals surface area contributed by atoms with E-state index in [4.69, 9.17) is 0 Å². The number of aromatic nitrogens is 1. The number of rotatable bonds is 9. The number of alkyl halides is 3. The van der Waals surface area contributed by atoms with Crippen LogP contribution in [0.1, 0.15) is 15.2 Å². The van der Waals surface area contributed by atoms with Crippen LogP contribution < -0.4 is 10.1 Å². The number of halogens is 3. The summed E-state index contributed by atoms with van der Waals surface area (Å²) in [5.41, 5.74) is 0.333. The fourth-order valence-electron chi connectivity index (χ4n) is 2.57. The molecule has 1 amide bonds. The zero-order chi connectivity index (χ0) is 23.2. The molecule has 0 aliphatic heterocycles. The monoisotopic (exact) mass is 502 g/mol. The minimum Gasteiger partial charge on any atom is -0.406 e. The van der Waals surface area contributed by atoms with Crippen molar-refractivity contribution >= 4 is 38.8 Å². The van der Waals surface area contributed by atoms with Crippen molar-refractivity contribution < 1.29 is 31.1 Å². The zero-order valence-electron chi connectivity index (χ0n) is 16.3. The van der Waals surface area contributed by atoms with Gasteiger partial charge in [0, 0.05) is 16.8 Å². The third kappa shape index (κ3) is 6.97. The second-order valence-corrected chi connectivity index (χ2v) is 10.5. The van der Waals surface area contributed by atoms with Crippen LogP contribution >= 0.6 is 23.1 Å². The molecule has 0 fully saturated rings. The van der Waals surface area contributed by atoms with Crippen LogP contribution in [0, 0.1) is 0 Å². The first-order valence-corrected chi connectivity index (χ1v) is 12.6. The smallest absolute Gasteiger partial charge is 0.406 e. The molecular formula is C20H17F3N2O4S3. The van der Waals surface area contributed by atoms with Crippen LogP contribution in [0.2, 0.25) is 0 Å². The Bertz CT molecular complexity index is 1150. The van der Waals surface area contributed by atoms with Gasteiger partial charge < -0.3 is 10.1 Å². The van der Waals surface area contributed by atoms with Crippen LogP contribution in [0.15, 0.2) is 70.0 Å². The first-order valence-electron chi connectivity index (χ1n) is 9.11. The number of benzene rings is 1. The molecule has 0 spiro atoms. The van der Waals surface area contributed by atoms with Crippen LogP contribution in [0.4, 0.5) is 13.2 Å². The van der Waals surface area contributed by atoms with E-state index in [0.29, 0.717) is 17.1 Å². The van der Waals surface area contributed by atoms with Crippen molar-refractivity contribution in [3.05, 3.63) is 70.5 Å². The molecule has 0 unspecified atom stereocenters. The van der Waals surface area contributed by atoms with Crippen LogP contribution in [-0.4, -0.2) is 37.2 Å². The number of thiophene rings is 1. The predicted molar refractivity (Wildman–Crippen MR) is 116 cm³/mol. The Balaban J connectivity index is 1.59. The lowest BCUT2D eigenvalue weighted by molar-refractivity contribution is -0.274. The van der Waals surface area contributed by atoms with Gasteiger partial charge in [0.05, 0.1) is 22.8 Å². The molecule has 2 aromatic heterocycles. The minimum atomic E-state index is -4.85. The normalized spacial score (nSPS) is 11.8. The van der Waals surface area contributed by atoms with Crippen LogP contribution in [-0.2, 0) is 16.4 Å². The van der Waals surface area contributed by atoms with E-state index < -0.39 is 21.9 Å². The van der Waals surface area contributed by atoms with E-state index in [1.807, 2.05) is 17.5 Å². The number of amides is 1. The first kappa shape index (κ1) is 24.1. The van der Waals surface area contributed by atoms with E-state index >= 15 is 0 Å². The van der Waals surface area contributed by atoms with Crippen LogP contribution in [0.3, 0.4) is 0 Å². The maximum Gasteiger partial charge on any atom is 0.573 e. The van der Waals surface area contributed by atoms with E-state index in [0.717, 1.165) is 40.9 Å². The summed E-state index contributed by atoms with van der Waals surface area (Å²) in [6.07, 6.45) is -3.35. The molecule has 12 heteroatoms. The lowest BCUT2D eigenvalue weighted by atomic mass is 10.2. The maximum absolute atomic E-state index is 12.5. The molecule has 3 rings (SSSR count). The number of pyridine rings is 1. The van der Waals surface area contributed by atoms with Gasteiger partial charge in [-0.3, -0.25) is 4.79 Å². The van der Waals surface area contributed by atoms with E-state index in [1.54, 1.807) is 12.1 Å². The standard InChI is InChI=1S/C20H17F3N2O4S3/c21-20(22,23)29-14-5-7-16(8-6-14)32(27,28)12-11-31-19-17(4-1-9-24-19)18(26)25-13-15-3-2-10-30-15/h1-10H,11-13H2,(H,25,26). The third-order valence-electron chi connectivity index (χ3n) is 4.03. The minimum absolute atomic E-state index is 0.103. The van der Waals surface area contributed by atoms with Crippen LogP contribution in [0.5, 0.6) is 5.75 Å². The van der Waals surface area contributed by atoms with Crippen molar-refractivity contribution in [1.82, 2.24) is 10.3 Å². The molecule has 32 heavy (non-hydrogen) atoms. The van der Waals surface area contributed by atoms with E-state index in [2.05, 4.69) is 15.0 Å². The van der Waals surface area contributed by atoms with Crippen molar-refractivity contribution in [3.8, 4) is 5.75 Å². The molecule has 1 aromatic carbocycles. The van der Waals surface area contributed by atoms with Crippen molar-refractivity contribution in [2.24, 2.45) is 0 Å². The highest BCUT2D eigenvalue weighted by Gasteiger charge is 2.31. The van der Waals surface area contributed by atoms with Crippen molar-refractivity contribution in [2.45, 2.75) is 22.8 Å². The number of thioether (sulfide) groups is 1. The number of ether oxygens (including phenoxy) is 1. The van der Waals surface area contributed by atoms with Gasteiger partial charge in [0.1, 0.15) is 10.8 Å². The fraction of sp³-hybridized carbons (Fsp3) is 0.200. The lowest BCUT2D eigenvalue weighted by Crippen LogP contribution is -2.23. The molecule has 2 heterocycles. The summed E-state index contributed by atoms with van der Waals surface area (Å²) in [5.74, 6) is -1.01. The number of hydrogen-bond donors (Lipinski definition) is 1. The molecule has 0 atom stereocenters. The summed E-state index contributed by atoms with van der Waals surface area (Å²) in [4.78, 5) is 17.5. The van der Waals surface area contributed by atoms with Crippen LogP contribution in [0.25, 0.3) is 0 Å². The molecule has 0 saturated heterocycles. The number of sulfone groups is 1. The summed E-state index contributed by atoms with van der Waals surface area (Å²) in [7, 11) is -3.75. The second-order valence-electron chi connectivity index (χ2n) is 6.30. The van der Waals surface area contributed by atoms with Gasteiger partial charge in [-0.05, 0) is 47.8 Å². The van der Waals surface area contributed by atoms with Gasteiger partial charge in [-0.1, -0.05) is 6.07 Å². The number of nitrogens with zero attached hydrogens (tertiary/aromatic N) is 1. The van der Waals surface area contributed by atoms with Gasteiger partial charge in [-0.25, -0.2) is 13.4 Å². The third-order valence-corrected chi connectivity index (χ3v) is 7.90. The molecule has 0 radical (unpaired) electrons. The molecular weight excluding hydrogens is 485 g/mol. The van der Waals surface area contributed by atoms with Crippen molar-refractivity contribution in [1.29, 1.82) is 0 Å². The SMILES string of the molecule is O=C(NCc1cccs1)c1cccnc1SCCS(=O)(=O)c1ccc(OC(F)(F)F)cc1. The van der Waals surface area contributed by atoms with E-state index in [-0.39, 0.29) is 22.3 Å². The Hall–Kier alpha value is -2.57. The lowest BCUT2D eigenvalue weighted by Gasteiger charge is -2.10. The van der Waals surface area contributed by atoms with Gasteiger partial charge in [0.2, 0.25) is 0 Å². The second kappa shape index (κ2) is 10.4. The Morgan fingerprint density at radius 3 is 2.53 bits per heavy atom. The van der Waals surface area contributed by atoms with Gasteiger partial charge in [0.25, 0.3) is 5.91 Å². The summed E-state index contributed by atoms with van der Waals surface area (Å²) in [6.45, 7) is 0.373. The molecule has 0 aliphatic rings. The average molecular weight is 503 g/mol. The summed E-state index contributed by atoms with van der Waals surface area (Å²) >= 11 is 2.63. The Kier molecular flexibility index (Phi) is 7.80. The Labute approximate surface area is 190 Å². The highest BCUT2D eigenvalue weighted by atomic mass is 32.2. The highest BCUT2D eigenvalue weighted by molar-refractivity contribution is 8.00. The van der Waals surface area contributed by atoms with Crippen molar-refractivity contribution in [3.63, 3.8) is 0 Å². The quantitative estimate of drug-likeness (QED) is 0.433. The highest BCUT2D eigenvalue weighted by Crippen LogP contribution is 2.25. The van der Waals surface area contributed by atoms with Gasteiger partial charge >= 0.3 is 6.36 Å². The molecule has 0 aliphatic carbocycles. The van der Waals surface area contributed by atoms with Gasteiger partial charge in [0.15, 0.2) is 9.84 Å². The molecule has 1 N–H and O–H groups in total. The zero-order valence-corrected chi connectivity index (χ0v) is 18.8. The van der Waals surface area contributed by atoms with E-state index in [1.165, 1.54) is 17.5 Å². The summed E-state index contributed by atoms with van der Waals surface area (Å²) in [5, 5.41) is 5.10. The number of hydrogen-bond acceptors (Lipinski definition) is 7. The molecule has 0 bridgehead atoms. The number of carbonyl (C=O) groups is 1. The Morgan fingerprint density at radius 1 is 1.12 bits per heavy atom. The first-order chi connectivity index (χ1) is 15.1. The molecule has 0 saturated carbocycles. The summed E-state index contributed by atoms with van der Waals surface area (Å²) < 4.78 is 65.4.